The highest BCUT2D eigenvalue weighted by atomic mass is 16.4. The van der Waals surface area contributed by atoms with E-state index in [4.69, 9.17) is 0 Å². The number of aromatic nitrogens is 2. The molecule has 0 saturated carbocycles. The summed E-state index contributed by atoms with van der Waals surface area (Å²) in [6, 6.07) is 11.1. The van der Waals surface area contributed by atoms with Crippen molar-refractivity contribution in [1.82, 2.24) is 9.97 Å². The average molecular weight is 279 g/mol. The number of hydrogen-bond acceptors (Lipinski definition) is 4. The molecule has 3 aromatic rings. The van der Waals surface area contributed by atoms with Gasteiger partial charge in [0, 0.05) is 30.2 Å². The lowest BCUT2D eigenvalue weighted by atomic mass is 10.1. The van der Waals surface area contributed by atoms with Gasteiger partial charge in [-0.15, -0.1) is 0 Å². The van der Waals surface area contributed by atoms with Gasteiger partial charge in [-0.25, -0.2) is 9.78 Å². The second-order valence-corrected chi connectivity index (χ2v) is 4.62. The van der Waals surface area contributed by atoms with Crippen LogP contribution in [0.25, 0.3) is 10.8 Å². The van der Waals surface area contributed by atoms with Gasteiger partial charge < -0.3 is 10.0 Å². The first kappa shape index (κ1) is 13.1. The molecule has 2 heterocycles. The molecule has 0 atom stereocenters. The second-order valence-electron chi connectivity index (χ2n) is 4.62. The summed E-state index contributed by atoms with van der Waals surface area (Å²) in [5.74, 6) is -0.280. The fraction of sp³-hybridized carbons (Fsp3) is 0.0625. The molecule has 0 fully saturated rings. The fourth-order valence-electron chi connectivity index (χ4n) is 2.29. The van der Waals surface area contributed by atoms with E-state index in [1.54, 1.807) is 18.5 Å². The lowest BCUT2D eigenvalue weighted by molar-refractivity contribution is 0.0698. The Morgan fingerprint density at radius 1 is 1.10 bits per heavy atom. The summed E-state index contributed by atoms with van der Waals surface area (Å²) in [7, 11) is 1.88. The summed E-state index contributed by atoms with van der Waals surface area (Å²) >= 11 is 0. The van der Waals surface area contributed by atoms with Gasteiger partial charge in [-0.05, 0) is 12.1 Å². The number of rotatable bonds is 3. The van der Waals surface area contributed by atoms with E-state index in [1.165, 1.54) is 6.20 Å². The lowest BCUT2D eigenvalue weighted by Gasteiger charge is -2.20. The summed E-state index contributed by atoms with van der Waals surface area (Å²) in [4.78, 5) is 21.6. The SMILES string of the molecule is CN(c1cccnc1)c1ncc(C(=O)O)c2ccccc12. The third-order valence-electron chi connectivity index (χ3n) is 3.36. The first-order valence-corrected chi connectivity index (χ1v) is 6.43. The van der Waals surface area contributed by atoms with Crippen LogP contribution in [0.2, 0.25) is 0 Å². The Morgan fingerprint density at radius 2 is 1.86 bits per heavy atom. The minimum atomic E-state index is -0.978. The van der Waals surface area contributed by atoms with Crippen LogP contribution in [0.15, 0.2) is 55.0 Å². The zero-order valence-electron chi connectivity index (χ0n) is 11.4. The Labute approximate surface area is 121 Å². The lowest BCUT2D eigenvalue weighted by Crippen LogP contribution is -2.13. The summed E-state index contributed by atoms with van der Waals surface area (Å²) in [6.45, 7) is 0. The van der Waals surface area contributed by atoms with Crippen molar-refractivity contribution in [2.24, 2.45) is 0 Å². The van der Waals surface area contributed by atoms with Crippen LogP contribution in [0.3, 0.4) is 0 Å². The first-order chi connectivity index (χ1) is 10.2. The van der Waals surface area contributed by atoms with Crippen molar-refractivity contribution in [3.63, 3.8) is 0 Å². The van der Waals surface area contributed by atoms with Gasteiger partial charge >= 0.3 is 5.97 Å². The van der Waals surface area contributed by atoms with Crippen LogP contribution in [0.5, 0.6) is 0 Å². The van der Waals surface area contributed by atoms with Gasteiger partial charge in [-0.3, -0.25) is 4.98 Å². The maximum Gasteiger partial charge on any atom is 0.337 e. The number of benzene rings is 1. The number of carbonyl (C=O) groups is 1. The van der Waals surface area contributed by atoms with Crippen molar-refractivity contribution in [2.75, 3.05) is 11.9 Å². The van der Waals surface area contributed by atoms with E-state index in [0.29, 0.717) is 11.2 Å². The Bertz CT molecular complexity index is 803. The molecular formula is C16H13N3O2. The van der Waals surface area contributed by atoms with Crippen molar-refractivity contribution < 1.29 is 9.90 Å². The number of pyridine rings is 2. The van der Waals surface area contributed by atoms with Crippen molar-refractivity contribution >= 4 is 28.2 Å². The van der Waals surface area contributed by atoms with Gasteiger partial charge in [0.15, 0.2) is 0 Å². The maximum absolute atomic E-state index is 11.3. The molecule has 3 rings (SSSR count). The van der Waals surface area contributed by atoms with E-state index in [0.717, 1.165) is 11.1 Å². The van der Waals surface area contributed by atoms with Crippen LogP contribution < -0.4 is 4.90 Å². The fourth-order valence-corrected chi connectivity index (χ4v) is 2.29. The smallest absolute Gasteiger partial charge is 0.337 e. The van der Waals surface area contributed by atoms with Crippen LogP contribution >= 0.6 is 0 Å². The minimum Gasteiger partial charge on any atom is -0.478 e. The Kier molecular flexibility index (Phi) is 3.23. The second kappa shape index (κ2) is 5.20. The van der Waals surface area contributed by atoms with E-state index in [1.807, 2.05) is 42.3 Å². The number of carboxylic acids is 1. The number of aromatic carboxylic acids is 1. The van der Waals surface area contributed by atoms with Crippen LogP contribution in [-0.2, 0) is 0 Å². The molecule has 5 nitrogen and oxygen atoms in total. The predicted molar refractivity (Wildman–Crippen MR) is 81.0 cm³/mol. The van der Waals surface area contributed by atoms with Gasteiger partial charge in [-0.2, -0.15) is 0 Å². The van der Waals surface area contributed by atoms with Gasteiger partial charge in [-0.1, -0.05) is 24.3 Å². The molecule has 0 aliphatic heterocycles. The molecule has 2 aromatic heterocycles. The summed E-state index contributed by atoms with van der Waals surface area (Å²) in [5, 5.41) is 10.7. The van der Waals surface area contributed by atoms with E-state index in [2.05, 4.69) is 9.97 Å². The zero-order valence-corrected chi connectivity index (χ0v) is 11.4. The van der Waals surface area contributed by atoms with E-state index in [-0.39, 0.29) is 5.56 Å². The molecule has 0 amide bonds. The molecule has 0 saturated heterocycles. The van der Waals surface area contributed by atoms with E-state index >= 15 is 0 Å². The number of carboxylic acid groups (broad SMARTS) is 1. The van der Waals surface area contributed by atoms with Crippen molar-refractivity contribution in [3.8, 4) is 0 Å². The molecule has 1 N–H and O–H groups in total. The molecule has 0 aliphatic carbocycles. The number of fused-ring (bicyclic) bond motifs is 1. The molecule has 5 heteroatoms. The van der Waals surface area contributed by atoms with Crippen LogP contribution in [0.1, 0.15) is 10.4 Å². The van der Waals surface area contributed by atoms with Gasteiger partial charge in [0.25, 0.3) is 0 Å². The van der Waals surface area contributed by atoms with Crippen molar-refractivity contribution in [2.45, 2.75) is 0 Å². The largest absolute Gasteiger partial charge is 0.478 e. The number of anilines is 2. The van der Waals surface area contributed by atoms with Gasteiger partial charge in [0.05, 0.1) is 17.4 Å². The molecule has 0 bridgehead atoms. The highest BCUT2D eigenvalue weighted by Crippen LogP contribution is 2.30. The molecular weight excluding hydrogens is 266 g/mol. The Hall–Kier alpha value is -2.95. The van der Waals surface area contributed by atoms with Crippen LogP contribution in [0.4, 0.5) is 11.5 Å². The normalized spacial score (nSPS) is 10.5. The quantitative estimate of drug-likeness (QED) is 0.798. The highest BCUT2D eigenvalue weighted by Gasteiger charge is 2.15. The molecule has 0 unspecified atom stereocenters. The van der Waals surface area contributed by atoms with Crippen molar-refractivity contribution in [1.29, 1.82) is 0 Å². The van der Waals surface area contributed by atoms with Gasteiger partial charge in [0.2, 0.25) is 0 Å². The van der Waals surface area contributed by atoms with E-state index < -0.39 is 5.97 Å². The standard InChI is InChI=1S/C16H13N3O2/c1-19(11-5-4-8-17-9-11)15-13-7-3-2-6-12(13)14(10-18-15)16(20)21/h2-10H,1H3,(H,20,21). The topological polar surface area (TPSA) is 66.3 Å². The summed E-state index contributed by atoms with van der Waals surface area (Å²) < 4.78 is 0. The highest BCUT2D eigenvalue weighted by molar-refractivity contribution is 6.07. The average Bonchev–Trinajstić information content (AvgIpc) is 2.54. The third-order valence-corrected chi connectivity index (χ3v) is 3.36. The number of nitrogens with zero attached hydrogens (tertiary/aromatic N) is 3. The molecule has 21 heavy (non-hydrogen) atoms. The van der Waals surface area contributed by atoms with E-state index in [9.17, 15) is 9.90 Å². The number of hydrogen-bond donors (Lipinski definition) is 1. The Morgan fingerprint density at radius 3 is 2.52 bits per heavy atom. The molecule has 0 spiro atoms. The molecule has 0 radical (unpaired) electrons. The first-order valence-electron chi connectivity index (χ1n) is 6.43. The third kappa shape index (κ3) is 2.29. The summed E-state index contributed by atoms with van der Waals surface area (Å²) in [5.41, 5.74) is 1.09. The monoisotopic (exact) mass is 279 g/mol. The summed E-state index contributed by atoms with van der Waals surface area (Å²) in [6.07, 6.45) is 4.84. The van der Waals surface area contributed by atoms with Crippen molar-refractivity contribution in [3.05, 3.63) is 60.6 Å². The molecule has 1 aromatic carbocycles. The predicted octanol–water partition coefficient (Wildman–Crippen LogP) is 3.10. The van der Waals surface area contributed by atoms with Crippen LogP contribution in [-0.4, -0.2) is 28.1 Å². The minimum absolute atomic E-state index is 0.203. The maximum atomic E-state index is 11.3. The zero-order chi connectivity index (χ0) is 14.8. The van der Waals surface area contributed by atoms with Gasteiger partial charge in [0.1, 0.15) is 5.82 Å². The Balaban J connectivity index is 2.21. The van der Waals surface area contributed by atoms with Crippen LogP contribution in [0, 0.1) is 0 Å². The molecule has 0 aliphatic rings. The molecule has 104 valence electrons.